The van der Waals surface area contributed by atoms with Crippen LogP contribution in [0.5, 0.6) is 5.75 Å². The molecule has 28 heavy (non-hydrogen) atoms. The van der Waals surface area contributed by atoms with Crippen LogP contribution in [0.2, 0.25) is 0 Å². The first-order chi connectivity index (χ1) is 13.5. The van der Waals surface area contributed by atoms with Crippen molar-refractivity contribution < 1.29 is 14.3 Å². The number of nitrogens with one attached hydrogen (secondary N) is 2. The SMILES string of the molecule is Cc1ccccc1OC(C)C(=O)Nc1cccc(C(=O)NC2CCCCC2)c1. The Balaban J connectivity index is 1.59. The Labute approximate surface area is 166 Å². The van der Waals surface area contributed by atoms with Crippen LogP contribution in [0.25, 0.3) is 0 Å². The summed E-state index contributed by atoms with van der Waals surface area (Å²) in [5.74, 6) is 0.339. The molecule has 1 fully saturated rings. The lowest BCUT2D eigenvalue weighted by Crippen LogP contribution is -2.36. The van der Waals surface area contributed by atoms with E-state index in [0.717, 1.165) is 18.4 Å². The first-order valence-corrected chi connectivity index (χ1v) is 9.97. The van der Waals surface area contributed by atoms with Crippen LogP contribution in [0.1, 0.15) is 54.9 Å². The fourth-order valence-corrected chi connectivity index (χ4v) is 3.43. The monoisotopic (exact) mass is 380 g/mol. The van der Waals surface area contributed by atoms with Crippen molar-refractivity contribution in [3.8, 4) is 5.75 Å². The van der Waals surface area contributed by atoms with Crippen LogP contribution in [0, 0.1) is 6.92 Å². The molecule has 148 valence electrons. The van der Waals surface area contributed by atoms with Crippen LogP contribution in [-0.4, -0.2) is 24.0 Å². The van der Waals surface area contributed by atoms with Gasteiger partial charge in [-0.05, 0) is 56.5 Å². The second kappa shape index (κ2) is 9.40. The molecule has 2 N–H and O–H groups in total. The Morgan fingerprint density at radius 3 is 2.54 bits per heavy atom. The second-order valence-electron chi connectivity index (χ2n) is 7.40. The molecular weight excluding hydrogens is 352 g/mol. The van der Waals surface area contributed by atoms with Gasteiger partial charge >= 0.3 is 0 Å². The maximum absolute atomic E-state index is 12.5. The molecule has 5 nitrogen and oxygen atoms in total. The van der Waals surface area contributed by atoms with Gasteiger partial charge in [-0.1, -0.05) is 43.5 Å². The lowest BCUT2D eigenvalue weighted by molar-refractivity contribution is -0.122. The van der Waals surface area contributed by atoms with Crippen molar-refractivity contribution in [3.05, 3.63) is 59.7 Å². The molecule has 1 aliphatic rings. The lowest BCUT2D eigenvalue weighted by atomic mass is 9.95. The molecule has 1 aliphatic carbocycles. The minimum absolute atomic E-state index is 0.0905. The van der Waals surface area contributed by atoms with E-state index in [1.165, 1.54) is 19.3 Å². The van der Waals surface area contributed by atoms with E-state index in [0.29, 0.717) is 17.0 Å². The zero-order valence-electron chi connectivity index (χ0n) is 16.5. The van der Waals surface area contributed by atoms with Gasteiger partial charge in [0.25, 0.3) is 11.8 Å². The number of carbonyl (C=O) groups excluding carboxylic acids is 2. The average Bonchev–Trinajstić information content (AvgIpc) is 2.70. The molecule has 2 aromatic rings. The number of rotatable bonds is 6. The molecule has 0 saturated heterocycles. The van der Waals surface area contributed by atoms with E-state index in [-0.39, 0.29) is 17.9 Å². The summed E-state index contributed by atoms with van der Waals surface area (Å²) in [6.45, 7) is 3.65. The predicted octanol–water partition coefficient (Wildman–Crippen LogP) is 4.46. The highest BCUT2D eigenvalue weighted by atomic mass is 16.5. The number of para-hydroxylation sites is 1. The van der Waals surface area contributed by atoms with Gasteiger partial charge in [0.2, 0.25) is 0 Å². The summed E-state index contributed by atoms with van der Waals surface area (Å²) in [7, 11) is 0. The number of hydrogen-bond acceptors (Lipinski definition) is 3. The van der Waals surface area contributed by atoms with Gasteiger partial charge in [0.05, 0.1) is 0 Å². The van der Waals surface area contributed by atoms with Gasteiger partial charge in [-0.2, -0.15) is 0 Å². The van der Waals surface area contributed by atoms with Gasteiger partial charge < -0.3 is 15.4 Å². The Hall–Kier alpha value is -2.82. The highest BCUT2D eigenvalue weighted by molar-refractivity contribution is 5.98. The van der Waals surface area contributed by atoms with Crippen LogP contribution >= 0.6 is 0 Å². The molecule has 0 aromatic heterocycles. The maximum Gasteiger partial charge on any atom is 0.265 e. The number of ether oxygens (including phenoxy) is 1. The van der Waals surface area contributed by atoms with E-state index in [9.17, 15) is 9.59 Å². The molecule has 5 heteroatoms. The van der Waals surface area contributed by atoms with Crippen LogP contribution in [0.4, 0.5) is 5.69 Å². The van der Waals surface area contributed by atoms with Gasteiger partial charge in [-0.15, -0.1) is 0 Å². The molecule has 3 rings (SSSR count). The smallest absolute Gasteiger partial charge is 0.265 e. The minimum Gasteiger partial charge on any atom is -0.481 e. The Morgan fingerprint density at radius 1 is 1.04 bits per heavy atom. The standard InChI is InChI=1S/C23H28N2O3/c1-16-9-6-7-14-21(16)28-17(2)22(26)25-20-13-8-10-18(15-20)23(27)24-19-11-4-3-5-12-19/h6-10,13-15,17,19H,3-5,11-12H2,1-2H3,(H,24,27)(H,25,26). The van der Waals surface area contributed by atoms with Gasteiger partial charge in [-0.3, -0.25) is 9.59 Å². The Kier molecular flexibility index (Phi) is 6.69. The van der Waals surface area contributed by atoms with Crippen molar-refractivity contribution in [1.29, 1.82) is 0 Å². The summed E-state index contributed by atoms with van der Waals surface area (Å²) in [6, 6.07) is 14.9. The van der Waals surface area contributed by atoms with Crippen LogP contribution in [-0.2, 0) is 4.79 Å². The molecule has 0 heterocycles. The molecule has 1 atom stereocenters. The van der Waals surface area contributed by atoms with E-state index in [4.69, 9.17) is 4.74 Å². The van der Waals surface area contributed by atoms with Gasteiger partial charge in [0.1, 0.15) is 5.75 Å². The molecule has 0 spiro atoms. The van der Waals surface area contributed by atoms with E-state index in [1.807, 2.05) is 31.2 Å². The first-order valence-electron chi connectivity index (χ1n) is 9.97. The third-order valence-corrected chi connectivity index (χ3v) is 5.10. The second-order valence-corrected chi connectivity index (χ2v) is 7.40. The van der Waals surface area contributed by atoms with E-state index >= 15 is 0 Å². The van der Waals surface area contributed by atoms with Crippen LogP contribution in [0.15, 0.2) is 48.5 Å². The highest BCUT2D eigenvalue weighted by Crippen LogP contribution is 2.20. The predicted molar refractivity (Wildman–Crippen MR) is 111 cm³/mol. The normalized spacial score (nSPS) is 15.5. The number of anilines is 1. The molecule has 0 aliphatic heterocycles. The van der Waals surface area contributed by atoms with E-state index in [1.54, 1.807) is 31.2 Å². The topological polar surface area (TPSA) is 67.4 Å². The summed E-state index contributed by atoms with van der Waals surface area (Å²) in [5, 5.41) is 5.94. The van der Waals surface area contributed by atoms with Gasteiger partial charge in [-0.25, -0.2) is 0 Å². The summed E-state index contributed by atoms with van der Waals surface area (Å²) in [5.41, 5.74) is 2.11. The molecule has 1 unspecified atom stereocenters. The third kappa shape index (κ3) is 5.35. The van der Waals surface area contributed by atoms with Crippen molar-refractivity contribution >= 4 is 17.5 Å². The fourth-order valence-electron chi connectivity index (χ4n) is 3.43. The zero-order chi connectivity index (χ0) is 19.9. The Bertz CT molecular complexity index is 828. The summed E-state index contributed by atoms with van der Waals surface area (Å²) >= 11 is 0. The van der Waals surface area contributed by atoms with Gasteiger partial charge in [0, 0.05) is 17.3 Å². The van der Waals surface area contributed by atoms with Crippen molar-refractivity contribution in [1.82, 2.24) is 5.32 Å². The van der Waals surface area contributed by atoms with Crippen molar-refractivity contribution in [3.63, 3.8) is 0 Å². The molecule has 2 aromatic carbocycles. The quantitative estimate of drug-likeness (QED) is 0.777. The number of aryl methyl sites for hydroxylation is 1. The number of hydrogen-bond donors (Lipinski definition) is 2. The summed E-state index contributed by atoms with van der Waals surface area (Å²) in [6.07, 6.45) is 5.00. The minimum atomic E-state index is -0.652. The van der Waals surface area contributed by atoms with E-state index in [2.05, 4.69) is 10.6 Å². The Morgan fingerprint density at radius 2 is 1.79 bits per heavy atom. The number of carbonyl (C=O) groups is 2. The zero-order valence-corrected chi connectivity index (χ0v) is 16.5. The molecule has 0 bridgehead atoms. The molecule has 1 saturated carbocycles. The first kappa shape index (κ1) is 19.9. The molecule has 2 amide bonds. The van der Waals surface area contributed by atoms with E-state index < -0.39 is 6.10 Å². The lowest BCUT2D eigenvalue weighted by Gasteiger charge is -2.22. The molecule has 0 radical (unpaired) electrons. The van der Waals surface area contributed by atoms with Crippen LogP contribution in [0.3, 0.4) is 0 Å². The van der Waals surface area contributed by atoms with Crippen molar-refractivity contribution in [2.75, 3.05) is 5.32 Å². The number of amides is 2. The molecular formula is C23H28N2O3. The highest BCUT2D eigenvalue weighted by Gasteiger charge is 2.18. The van der Waals surface area contributed by atoms with Crippen LogP contribution < -0.4 is 15.4 Å². The van der Waals surface area contributed by atoms with Gasteiger partial charge in [0.15, 0.2) is 6.10 Å². The third-order valence-electron chi connectivity index (χ3n) is 5.10. The van der Waals surface area contributed by atoms with Crippen molar-refractivity contribution in [2.24, 2.45) is 0 Å². The summed E-state index contributed by atoms with van der Waals surface area (Å²) < 4.78 is 5.77. The fraction of sp³-hybridized carbons (Fsp3) is 0.391. The average molecular weight is 380 g/mol. The van der Waals surface area contributed by atoms with Crippen molar-refractivity contribution in [2.45, 2.75) is 58.1 Å². The number of benzene rings is 2. The maximum atomic E-state index is 12.5. The summed E-state index contributed by atoms with van der Waals surface area (Å²) in [4.78, 5) is 25.0. The largest absolute Gasteiger partial charge is 0.481 e.